The molecule has 1 amide bonds. The predicted octanol–water partition coefficient (Wildman–Crippen LogP) is 2.29. The molecule has 15 heavy (non-hydrogen) atoms. The molecule has 0 aromatic heterocycles. The van der Waals surface area contributed by atoms with E-state index in [4.69, 9.17) is 0 Å². The summed E-state index contributed by atoms with van der Waals surface area (Å²) in [5.74, 6) is 0.216. The van der Waals surface area contributed by atoms with Gasteiger partial charge < -0.3 is 5.32 Å². The van der Waals surface area contributed by atoms with Crippen LogP contribution < -0.4 is 5.32 Å². The Hall–Kier alpha value is -1.31. The van der Waals surface area contributed by atoms with Crippen molar-refractivity contribution in [3.05, 3.63) is 35.9 Å². The Morgan fingerprint density at radius 2 is 2.00 bits per heavy atom. The Bertz CT molecular complexity index is 321. The van der Waals surface area contributed by atoms with Crippen LogP contribution in [0, 0.1) is 0 Å². The van der Waals surface area contributed by atoms with E-state index in [1.807, 2.05) is 18.2 Å². The van der Waals surface area contributed by atoms with Crippen molar-refractivity contribution in [1.29, 1.82) is 0 Å². The summed E-state index contributed by atoms with van der Waals surface area (Å²) in [7, 11) is 0. The molecule has 1 unspecified atom stereocenters. The van der Waals surface area contributed by atoms with Crippen LogP contribution in [0.4, 0.5) is 0 Å². The van der Waals surface area contributed by atoms with Gasteiger partial charge in [-0.25, -0.2) is 0 Å². The van der Waals surface area contributed by atoms with E-state index in [9.17, 15) is 4.79 Å². The van der Waals surface area contributed by atoms with E-state index in [2.05, 4.69) is 17.4 Å². The predicted molar refractivity (Wildman–Crippen MR) is 60.5 cm³/mol. The van der Waals surface area contributed by atoms with Crippen molar-refractivity contribution in [1.82, 2.24) is 5.32 Å². The van der Waals surface area contributed by atoms with E-state index in [1.54, 1.807) is 0 Å². The van der Waals surface area contributed by atoms with Crippen LogP contribution in [0.2, 0.25) is 0 Å². The van der Waals surface area contributed by atoms with Gasteiger partial charge >= 0.3 is 0 Å². The van der Waals surface area contributed by atoms with Gasteiger partial charge in [-0.2, -0.15) is 0 Å². The first-order chi connectivity index (χ1) is 7.34. The highest BCUT2D eigenvalue weighted by atomic mass is 16.1. The highest BCUT2D eigenvalue weighted by Gasteiger charge is 2.16. The van der Waals surface area contributed by atoms with Crippen LogP contribution in [0.1, 0.15) is 31.2 Å². The third-order valence-electron chi connectivity index (χ3n) is 2.90. The molecule has 1 atom stereocenters. The van der Waals surface area contributed by atoms with Crippen molar-refractivity contribution in [2.45, 2.75) is 38.1 Å². The molecule has 1 fully saturated rings. The maximum absolute atomic E-state index is 11.4. The maximum atomic E-state index is 11.4. The first kappa shape index (κ1) is 10.2. The van der Waals surface area contributed by atoms with E-state index in [-0.39, 0.29) is 5.91 Å². The fourth-order valence-corrected chi connectivity index (χ4v) is 2.10. The van der Waals surface area contributed by atoms with E-state index in [0.29, 0.717) is 12.5 Å². The van der Waals surface area contributed by atoms with Crippen LogP contribution >= 0.6 is 0 Å². The number of carbonyl (C=O) groups excluding carboxylic acids is 1. The normalized spacial score (nSPS) is 21.9. The zero-order valence-corrected chi connectivity index (χ0v) is 8.91. The van der Waals surface area contributed by atoms with E-state index in [0.717, 1.165) is 25.7 Å². The Balaban J connectivity index is 1.96. The van der Waals surface area contributed by atoms with Crippen LogP contribution in [0.25, 0.3) is 0 Å². The number of nitrogens with one attached hydrogen (secondary N) is 1. The van der Waals surface area contributed by atoms with Crippen molar-refractivity contribution in [2.24, 2.45) is 0 Å². The molecule has 1 aliphatic heterocycles. The lowest BCUT2D eigenvalue weighted by Gasteiger charge is -2.15. The van der Waals surface area contributed by atoms with Crippen molar-refractivity contribution < 1.29 is 4.79 Å². The largest absolute Gasteiger partial charge is 0.353 e. The Morgan fingerprint density at radius 1 is 1.20 bits per heavy atom. The topological polar surface area (TPSA) is 29.1 Å². The highest BCUT2D eigenvalue weighted by Crippen LogP contribution is 2.13. The molecule has 2 heteroatoms. The first-order valence-electron chi connectivity index (χ1n) is 5.68. The average Bonchev–Trinajstić information content (AvgIpc) is 2.44. The zero-order valence-electron chi connectivity index (χ0n) is 8.91. The van der Waals surface area contributed by atoms with Crippen LogP contribution in [0.3, 0.4) is 0 Å². The zero-order chi connectivity index (χ0) is 10.5. The van der Waals surface area contributed by atoms with Gasteiger partial charge in [-0.3, -0.25) is 4.79 Å². The van der Waals surface area contributed by atoms with Crippen molar-refractivity contribution >= 4 is 5.91 Å². The Morgan fingerprint density at radius 3 is 2.80 bits per heavy atom. The molecule has 0 bridgehead atoms. The van der Waals surface area contributed by atoms with Crippen LogP contribution in [0.5, 0.6) is 0 Å². The van der Waals surface area contributed by atoms with Crippen LogP contribution in [0.15, 0.2) is 30.3 Å². The summed E-state index contributed by atoms with van der Waals surface area (Å²) in [6.07, 6.45) is 4.98. The molecular weight excluding hydrogens is 186 g/mol. The van der Waals surface area contributed by atoms with Crippen molar-refractivity contribution in [3.63, 3.8) is 0 Å². The maximum Gasteiger partial charge on any atom is 0.220 e. The van der Waals surface area contributed by atoms with Gasteiger partial charge in [0.25, 0.3) is 0 Å². The summed E-state index contributed by atoms with van der Waals surface area (Å²) in [6.45, 7) is 0. The van der Waals surface area contributed by atoms with Gasteiger partial charge in [-0.1, -0.05) is 36.8 Å². The average molecular weight is 203 g/mol. The Kier molecular flexibility index (Phi) is 3.38. The highest BCUT2D eigenvalue weighted by molar-refractivity contribution is 5.76. The van der Waals surface area contributed by atoms with Crippen LogP contribution in [-0.4, -0.2) is 11.9 Å². The van der Waals surface area contributed by atoms with E-state index < -0.39 is 0 Å². The molecule has 1 aromatic carbocycles. The summed E-state index contributed by atoms with van der Waals surface area (Å²) in [5.41, 5.74) is 1.31. The summed E-state index contributed by atoms with van der Waals surface area (Å²) in [5, 5.41) is 3.09. The second-order valence-electron chi connectivity index (χ2n) is 4.20. The third-order valence-corrected chi connectivity index (χ3v) is 2.90. The van der Waals surface area contributed by atoms with Gasteiger partial charge in [0.2, 0.25) is 5.91 Å². The molecule has 1 heterocycles. The lowest BCUT2D eigenvalue weighted by atomic mass is 10.0. The number of rotatable bonds is 2. The standard InChI is InChI=1S/C13H17NO/c15-13-9-5-4-8-12(14-13)10-11-6-2-1-3-7-11/h1-3,6-7,12H,4-5,8-10H2,(H,14,15). The monoisotopic (exact) mass is 203 g/mol. The van der Waals surface area contributed by atoms with E-state index in [1.165, 1.54) is 5.56 Å². The minimum atomic E-state index is 0.216. The second-order valence-corrected chi connectivity index (χ2v) is 4.20. The third kappa shape index (κ3) is 3.08. The van der Waals surface area contributed by atoms with Gasteiger partial charge in [0.05, 0.1) is 0 Å². The number of amides is 1. The SMILES string of the molecule is O=C1CCCCC(Cc2ccccc2)N1. The second kappa shape index (κ2) is 4.96. The minimum absolute atomic E-state index is 0.216. The molecule has 1 aromatic rings. The summed E-state index contributed by atoms with van der Waals surface area (Å²) in [6, 6.07) is 10.7. The number of hydrogen-bond acceptors (Lipinski definition) is 1. The molecule has 1 N–H and O–H groups in total. The molecule has 0 aliphatic carbocycles. The summed E-state index contributed by atoms with van der Waals surface area (Å²) < 4.78 is 0. The van der Waals surface area contributed by atoms with Crippen molar-refractivity contribution in [3.8, 4) is 0 Å². The molecule has 0 spiro atoms. The van der Waals surface area contributed by atoms with Gasteiger partial charge in [0.15, 0.2) is 0 Å². The minimum Gasteiger partial charge on any atom is -0.353 e. The van der Waals surface area contributed by atoms with E-state index >= 15 is 0 Å². The fraction of sp³-hybridized carbons (Fsp3) is 0.462. The fourth-order valence-electron chi connectivity index (χ4n) is 2.10. The number of benzene rings is 1. The van der Waals surface area contributed by atoms with Gasteiger partial charge in [0.1, 0.15) is 0 Å². The molecule has 0 saturated carbocycles. The molecular formula is C13H17NO. The molecule has 1 aliphatic rings. The molecule has 2 nitrogen and oxygen atoms in total. The van der Waals surface area contributed by atoms with Crippen molar-refractivity contribution in [2.75, 3.05) is 0 Å². The van der Waals surface area contributed by atoms with Gasteiger partial charge in [0, 0.05) is 12.5 Å². The smallest absolute Gasteiger partial charge is 0.220 e. The summed E-state index contributed by atoms with van der Waals surface area (Å²) >= 11 is 0. The lowest BCUT2D eigenvalue weighted by molar-refractivity contribution is -0.121. The molecule has 2 rings (SSSR count). The van der Waals surface area contributed by atoms with Crippen LogP contribution in [-0.2, 0) is 11.2 Å². The quantitative estimate of drug-likeness (QED) is 0.785. The number of hydrogen-bond donors (Lipinski definition) is 1. The molecule has 0 radical (unpaired) electrons. The van der Waals surface area contributed by atoms with Gasteiger partial charge in [-0.05, 0) is 24.8 Å². The first-order valence-corrected chi connectivity index (χ1v) is 5.68. The summed E-state index contributed by atoms with van der Waals surface area (Å²) in [4.78, 5) is 11.4. The number of carbonyl (C=O) groups is 1. The van der Waals surface area contributed by atoms with Gasteiger partial charge in [-0.15, -0.1) is 0 Å². The molecule has 80 valence electrons. The molecule has 1 saturated heterocycles. The Labute approximate surface area is 90.7 Å². The lowest BCUT2D eigenvalue weighted by Crippen LogP contribution is -2.34.